The third-order valence-corrected chi connectivity index (χ3v) is 3.58. The number of benzene rings is 1. The van der Waals surface area contributed by atoms with E-state index in [1.807, 2.05) is 26.1 Å². The normalized spacial score (nSPS) is 12.4. The number of nitrogens with zero attached hydrogens (tertiary/aromatic N) is 3. The van der Waals surface area contributed by atoms with Crippen LogP contribution in [0.15, 0.2) is 28.9 Å². The Morgan fingerprint density at radius 1 is 1.40 bits per heavy atom. The van der Waals surface area contributed by atoms with E-state index in [-0.39, 0.29) is 6.04 Å². The van der Waals surface area contributed by atoms with Crippen molar-refractivity contribution in [1.29, 1.82) is 0 Å². The van der Waals surface area contributed by atoms with Gasteiger partial charge in [0.25, 0.3) is 0 Å². The van der Waals surface area contributed by atoms with Gasteiger partial charge in [0, 0.05) is 7.05 Å². The van der Waals surface area contributed by atoms with Gasteiger partial charge in [0.15, 0.2) is 4.60 Å². The van der Waals surface area contributed by atoms with E-state index < -0.39 is 0 Å². The predicted octanol–water partition coefficient (Wildman–Crippen LogP) is 2.68. The minimum atomic E-state index is 0.0229. The number of aromatic nitrogens is 3. The van der Waals surface area contributed by atoms with Gasteiger partial charge in [-0.15, -0.1) is 5.10 Å². The highest BCUT2D eigenvalue weighted by Crippen LogP contribution is 2.28. The highest BCUT2D eigenvalue weighted by Gasteiger charge is 2.21. The van der Waals surface area contributed by atoms with Crippen LogP contribution in [0.25, 0.3) is 0 Å². The van der Waals surface area contributed by atoms with E-state index in [9.17, 15) is 0 Å². The summed E-state index contributed by atoms with van der Waals surface area (Å²) in [5.74, 6) is 0.874. The molecule has 0 spiro atoms. The molecule has 1 unspecified atom stereocenters. The predicted molar refractivity (Wildman–Crippen MR) is 81.8 cm³/mol. The molecule has 108 valence electrons. The van der Waals surface area contributed by atoms with Crippen LogP contribution in [0.3, 0.4) is 0 Å². The molecule has 0 aliphatic carbocycles. The van der Waals surface area contributed by atoms with Crippen LogP contribution in [-0.4, -0.2) is 28.1 Å². The number of hydrogen-bond donors (Lipinski definition) is 1. The minimum absolute atomic E-state index is 0.0229. The van der Waals surface area contributed by atoms with Crippen molar-refractivity contribution in [3.8, 4) is 5.75 Å². The number of rotatable bonds is 6. The molecule has 0 aliphatic heterocycles. The lowest BCUT2D eigenvalue weighted by molar-refractivity contribution is 0.339. The maximum atomic E-state index is 5.58. The van der Waals surface area contributed by atoms with Gasteiger partial charge in [-0.2, -0.15) is 0 Å². The molecule has 1 aromatic heterocycles. The number of aryl methyl sites for hydroxylation is 1. The van der Waals surface area contributed by atoms with Gasteiger partial charge in [-0.3, -0.25) is 0 Å². The van der Waals surface area contributed by atoms with Gasteiger partial charge in [-0.25, -0.2) is 4.68 Å². The molecule has 20 heavy (non-hydrogen) atoms. The largest absolute Gasteiger partial charge is 0.494 e. The Labute approximate surface area is 127 Å². The zero-order valence-electron chi connectivity index (χ0n) is 11.9. The first-order valence-corrected chi connectivity index (χ1v) is 7.47. The zero-order valence-corrected chi connectivity index (χ0v) is 13.5. The van der Waals surface area contributed by atoms with Crippen molar-refractivity contribution in [3.63, 3.8) is 0 Å². The third-order valence-electron chi connectivity index (χ3n) is 3.01. The van der Waals surface area contributed by atoms with Gasteiger partial charge < -0.3 is 10.1 Å². The van der Waals surface area contributed by atoms with Crippen LogP contribution in [0.1, 0.15) is 31.1 Å². The fourth-order valence-electron chi connectivity index (χ4n) is 2.17. The van der Waals surface area contributed by atoms with Gasteiger partial charge in [0.05, 0.1) is 18.3 Å². The Kier molecular flexibility index (Phi) is 5.14. The molecule has 5 nitrogen and oxygen atoms in total. The van der Waals surface area contributed by atoms with Crippen LogP contribution in [0.5, 0.6) is 5.75 Å². The van der Waals surface area contributed by atoms with Crippen LogP contribution in [0.4, 0.5) is 0 Å². The zero-order chi connectivity index (χ0) is 14.5. The summed E-state index contributed by atoms with van der Waals surface area (Å²) in [6, 6.07) is 8.12. The van der Waals surface area contributed by atoms with Crippen molar-refractivity contribution in [2.45, 2.75) is 19.9 Å². The van der Waals surface area contributed by atoms with E-state index >= 15 is 0 Å². The summed E-state index contributed by atoms with van der Waals surface area (Å²) >= 11 is 3.47. The second-order valence-electron chi connectivity index (χ2n) is 4.39. The maximum Gasteiger partial charge on any atom is 0.153 e. The summed E-state index contributed by atoms with van der Waals surface area (Å²) in [7, 11) is 1.89. The Hall–Kier alpha value is -1.40. The van der Waals surface area contributed by atoms with Crippen molar-refractivity contribution in [3.05, 3.63) is 40.1 Å². The molecule has 1 N–H and O–H groups in total. The molecule has 0 bridgehead atoms. The van der Waals surface area contributed by atoms with E-state index in [1.54, 1.807) is 4.68 Å². The summed E-state index contributed by atoms with van der Waals surface area (Å²) < 4.78 is 8.11. The molecule has 2 aromatic rings. The van der Waals surface area contributed by atoms with Crippen molar-refractivity contribution >= 4 is 15.9 Å². The van der Waals surface area contributed by atoms with Crippen LogP contribution >= 0.6 is 15.9 Å². The maximum absolute atomic E-state index is 5.58. The third kappa shape index (κ3) is 3.19. The minimum Gasteiger partial charge on any atom is -0.494 e. The van der Waals surface area contributed by atoms with Crippen molar-refractivity contribution in [2.75, 3.05) is 13.2 Å². The summed E-state index contributed by atoms with van der Waals surface area (Å²) in [4.78, 5) is 0. The smallest absolute Gasteiger partial charge is 0.153 e. The van der Waals surface area contributed by atoms with Crippen LogP contribution in [0.2, 0.25) is 0 Å². The highest BCUT2D eigenvalue weighted by atomic mass is 79.9. The molecule has 1 heterocycles. The van der Waals surface area contributed by atoms with Crippen LogP contribution in [0, 0.1) is 0 Å². The molecule has 1 aromatic carbocycles. The lowest BCUT2D eigenvalue weighted by Gasteiger charge is -2.19. The second-order valence-corrected chi connectivity index (χ2v) is 5.14. The molecule has 1 atom stereocenters. The highest BCUT2D eigenvalue weighted by molar-refractivity contribution is 9.10. The summed E-state index contributed by atoms with van der Waals surface area (Å²) in [6.07, 6.45) is 0. The molecule has 0 saturated heterocycles. The van der Waals surface area contributed by atoms with Crippen LogP contribution in [-0.2, 0) is 7.05 Å². The quantitative estimate of drug-likeness (QED) is 0.879. The molecular weight excluding hydrogens is 320 g/mol. The molecule has 0 fully saturated rings. The Morgan fingerprint density at radius 2 is 2.20 bits per heavy atom. The number of halogens is 1. The van der Waals surface area contributed by atoms with E-state index in [2.05, 4.69) is 50.6 Å². The molecular formula is C14H19BrN4O. The summed E-state index contributed by atoms with van der Waals surface area (Å²) in [5, 5.41) is 11.6. The monoisotopic (exact) mass is 338 g/mol. The van der Waals surface area contributed by atoms with Crippen molar-refractivity contribution < 1.29 is 4.74 Å². The Balaban J connectivity index is 2.40. The van der Waals surface area contributed by atoms with Crippen LogP contribution < -0.4 is 10.1 Å². The molecule has 0 amide bonds. The Morgan fingerprint density at radius 3 is 2.80 bits per heavy atom. The molecule has 0 radical (unpaired) electrons. The number of ether oxygens (including phenoxy) is 1. The lowest BCUT2D eigenvalue weighted by Crippen LogP contribution is -2.24. The second kappa shape index (κ2) is 6.85. The van der Waals surface area contributed by atoms with E-state index in [1.165, 1.54) is 0 Å². The lowest BCUT2D eigenvalue weighted by atomic mass is 10.0. The standard InChI is InChI=1S/C14H19BrN4O/c1-4-16-12(13-14(15)17-18-19(13)3)10-7-6-8-11(9-10)20-5-2/h6-9,12,16H,4-5H2,1-3H3. The van der Waals surface area contributed by atoms with Crippen molar-refractivity contribution in [2.24, 2.45) is 7.05 Å². The summed E-state index contributed by atoms with van der Waals surface area (Å²) in [5.41, 5.74) is 2.13. The SMILES string of the molecule is CCNC(c1cccc(OCC)c1)c1c(Br)nnn1C. The number of hydrogen-bond acceptors (Lipinski definition) is 4. The average Bonchev–Trinajstić information content (AvgIpc) is 2.77. The average molecular weight is 339 g/mol. The van der Waals surface area contributed by atoms with E-state index in [0.717, 1.165) is 28.2 Å². The Bertz CT molecular complexity index is 551. The fraction of sp³-hybridized carbons (Fsp3) is 0.429. The number of nitrogens with one attached hydrogen (secondary N) is 1. The molecule has 6 heteroatoms. The molecule has 0 aliphatic rings. The van der Waals surface area contributed by atoms with E-state index in [4.69, 9.17) is 4.74 Å². The molecule has 2 rings (SSSR count). The van der Waals surface area contributed by atoms with Gasteiger partial charge in [0.2, 0.25) is 0 Å². The topological polar surface area (TPSA) is 52.0 Å². The first-order chi connectivity index (χ1) is 9.67. The van der Waals surface area contributed by atoms with Gasteiger partial charge >= 0.3 is 0 Å². The fourth-order valence-corrected chi connectivity index (χ4v) is 2.73. The van der Waals surface area contributed by atoms with Gasteiger partial charge in [-0.05, 0) is 47.1 Å². The first kappa shape index (κ1) is 15.0. The van der Waals surface area contributed by atoms with Gasteiger partial charge in [0.1, 0.15) is 5.75 Å². The molecule has 0 saturated carbocycles. The summed E-state index contributed by atoms with van der Waals surface area (Å²) in [6.45, 7) is 5.57. The first-order valence-electron chi connectivity index (χ1n) is 6.68. The van der Waals surface area contributed by atoms with Crippen molar-refractivity contribution in [1.82, 2.24) is 20.3 Å². The van der Waals surface area contributed by atoms with Gasteiger partial charge in [-0.1, -0.05) is 24.3 Å². The van der Waals surface area contributed by atoms with E-state index in [0.29, 0.717) is 6.61 Å².